The first kappa shape index (κ1) is 19.4. The van der Waals surface area contributed by atoms with Crippen LogP contribution in [0.25, 0.3) is 11.0 Å². The van der Waals surface area contributed by atoms with Gasteiger partial charge in [-0.1, -0.05) is 25.7 Å². The molecule has 1 aliphatic heterocycles. The number of nitrogens with one attached hydrogen (secondary N) is 1. The Labute approximate surface area is 167 Å². The molecule has 2 fully saturated rings. The van der Waals surface area contributed by atoms with E-state index in [4.69, 9.17) is 0 Å². The van der Waals surface area contributed by atoms with Crippen LogP contribution in [-0.2, 0) is 0 Å². The van der Waals surface area contributed by atoms with Gasteiger partial charge in [0.2, 0.25) is 0 Å². The fourth-order valence-electron chi connectivity index (χ4n) is 4.97. The van der Waals surface area contributed by atoms with E-state index in [1.165, 1.54) is 64.5 Å². The van der Waals surface area contributed by atoms with Crippen molar-refractivity contribution in [3.8, 4) is 0 Å². The maximum absolute atomic E-state index is 12.9. The molecule has 6 heteroatoms. The van der Waals surface area contributed by atoms with Gasteiger partial charge in [-0.2, -0.15) is 5.10 Å². The summed E-state index contributed by atoms with van der Waals surface area (Å²) in [6.07, 6.45) is 13.7. The van der Waals surface area contributed by atoms with Crippen molar-refractivity contribution >= 4 is 16.9 Å². The third kappa shape index (κ3) is 3.79. The van der Waals surface area contributed by atoms with E-state index in [9.17, 15) is 4.79 Å². The topological polar surface area (TPSA) is 63.1 Å². The fraction of sp³-hybridized carbons (Fsp3) is 0.682. The monoisotopic (exact) mass is 383 g/mol. The van der Waals surface area contributed by atoms with E-state index in [1.807, 2.05) is 10.7 Å². The summed E-state index contributed by atoms with van der Waals surface area (Å²) < 4.78 is 1.89. The first-order chi connectivity index (χ1) is 13.6. The number of hydrogen-bond donors (Lipinski definition) is 1. The van der Waals surface area contributed by atoms with Crippen LogP contribution in [-0.4, -0.2) is 50.7 Å². The maximum atomic E-state index is 12.9. The van der Waals surface area contributed by atoms with Gasteiger partial charge in [-0.05, 0) is 58.7 Å². The SMILES string of the molecule is CC(C)n1ncc2cc(C(=O)NCC3(N4CCCCC4)CCCCC3)cnc21. The normalized spacial score (nSPS) is 20.5. The van der Waals surface area contributed by atoms with Crippen molar-refractivity contribution in [2.45, 2.75) is 76.8 Å². The molecular formula is C22H33N5O. The quantitative estimate of drug-likeness (QED) is 0.850. The molecule has 2 aromatic heterocycles. The zero-order valence-electron chi connectivity index (χ0n) is 17.3. The van der Waals surface area contributed by atoms with Gasteiger partial charge in [-0.3, -0.25) is 9.69 Å². The van der Waals surface area contributed by atoms with Crippen molar-refractivity contribution < 1.29 is 4.79 Å². The minimum absolute atomic E-state index is 0.0198. The zero-order chi connectivity index (χ0) is 19.6. The summed E-state index contributed by atoms with van der Waals surface area (Å²) in [5.41, 5.74) is 1.61. The second-order valence-corrected chi connectivity index (χ2v) is 8.84. The highest BCUT2D eigenvalue weighted by Crippen LogP contribution is 2.35. The number of fused-ring (bicyclic) bond motifs is 1. The lowest BCUT2D eigenvalue weighted by Crippen LogP contribution is -2.58. The molecule has 1 N–H and O–H groups in total. The van der Waals surface area contributed by atoms with Crippen molar-refractivity contribution in [1.82, 2.24) is 25.0 Å². The van der Waals surface area contributed by atoms with E-state index in [-0.39, 0.29) is 17.5 Å². The average Bonchev–Trinajstić information content (AvgIpc) is 3.17. The van der Waals surface area contributed by atoms with Crippen molar-refractivity contribution in [2.75, 3.05) is 19.6 Å². The minimum atomic E-state index is -0.0198. The number of likely N-dealkylation sites (tertiary alicyclic amines) is 1. The number of carbonyl (C=O) groups is 1. The molecule has 4 rings (SSSR count). The first-order valence-corrected chi connectivity index (χ1v) is 11.0. The fourth-order valence-corrected chi connectivity index (χ4v) is 4.97. The van der Waals surface area contributed by atoms with Crippen LogP contribution in [0.15, 0.2) is 18.5 Å². The summed E-state index contributed by atoms with van der Waals surface area (Å²) in [5.74, 6) is -0.0198. The molecule has 0 aromatic carbocycles. The number of aromatic nitrogens is 3. The molecule has 1 saturated heterocycles. The van der Waals surface area contributed by atoms with Gasteiger partial charge >= 0.3 is 0 Å². The smallest absolute Gasteiger partial charge is 0.252 e. The van der Waals surface area contributed by atoms with Crippen LogP contribution in [0.4, 0.5) is 0 Å². The zero-order valence-corrected chi connectivity index (χ0v) is 17.3. The van der Waals surface area contributed by atoms with Crippen LogP contribution < -0.4 is 5.32 Å². The molecule has 2 aromatic rings. The van der Waals surface area contributed by atoms with Crippen LogP contribution in [0.1, 0.15) is 81.6 Å². The van der Waals surface area contributed by atoms with Gasteiger partial charge in [-0.15, -0.1) is 0 Å². The Kier molecular flexibility index (Phi) is 5.67. The lowest BCUT2D eigenvalue weighted by molar-refractivity contribution is 0.0326. The Bertz CT molecular complexity index is 815. The van der Waals surface area contributed by atoms with E-state index in [0.717, 1.165) is 17.6 Å². The van der Waals surface area contributed by atoms with Crippen molar-refractivity contribution in [3.05, 3.63) is 24.0 Å². The second kappa shape index (κ2) is 8.19. The van der Waals surface area contributed by atoms with Crippen LogP contribution in [0.2, 0.25) is 0 Å². The highest BCUT2D eigenvalue weighted by atomic mass is 16.1. The number of nitrogens with zero attached hydrogens (tertiary/aromatic N) is 4. The third-order valence-electron chi connectivity index (χ3n) is 6.57. The van der Waals surface area contributed by atoms with Gasteiger partial charge in [0, 0.05) is 29.7 Å². The van der Waals surface area contributed by atoms with Crippen LogP contribution in [0.3, 0.4) is 0 Å². The minimum Gasteiger partial charge on any atom is -0.350 e. The Morgan fingerprint density at radius 3 is 2.54 bits per heavy atom. The number of carbonyl (C=O) groups excluding carboxylic acids is 1. The Morgan fingerprint density at radius 2 is 1.82 bits per heavy atom. The van der Waals surface area contributed by atoms with Crippen LogP contribution in [0.5, 0.6) is 0 Å². The lowest BCUT2D eigenvalue weighted by Gasteiger charge is -2.48. The highest BCUT2D eigenvalue weighted by Gasteiger charge is 2.38. The Balaban J connectivity index is 1.48. The summed E-state index contributed by atoms with van der Waals surface area (Å²) in [5, 5.41) is 8.58. The Hall–Kier alpha value is -1.95. The van der Waals surface area contributed by atoms with Crippen molar-refractivity contribution in [3.63, 3.8) is 0 Å². The van der Waals surface area contributed by atoms with Gasteiger partial charge in [0.1, 0.15) is 0 Å². The molecule has 6 nitrogen and oxygen atoms in total. The number of pyridine rings is 1. The molecule has 0 unspecified atom stereocenters. The second-order valence-electron chi connectivity index (χ2n) is 8.84. The van der Waals surface area contributed by atoms with Gasteiger partial charge < -0.3 is 5.32 Å². The van der Waals surface area contributed by atoms with Crippen LogP contribution in [0, 0.1) is 0 Å². The molecule has 1 amide bonds. The molecule has 28 heavy (non-hydrogen) atoms. The molecular weight excluding hydrogens is 350 g/mol. The van der Waals surface area contributed by atoms with E-state index < -0.39 is 0 Å². The first-order valence-electron chi connectivity index (χ1n) is 11.0. The molecule has 0 spiro atoms. The van der Waals surface area contributed by atoms with Gasteiger partial charge in [0.05, 0.1) is 11.8 Å². The van der Waals surface area contributed by atoms with Crippen molar-refractivity contribution in [1.29, 1.82) is 0 Å². The highest BCUT2D eigenvalue weighted by molar-refractivity contribution is 5.96. The average molecular weight is 384 g/mol. The summed E-state index contributed by atoms with van der Waals surface area (Å²) in [6.45, 7) is 7.27. The molecule has 0 bridgehead atoms. The predicted octanol–water partition coefficient (Wildman–Crippen LogP) is 3.93. The van der Waals surface area contributed by atoms with Gasteiger partial charge in [0.25, 0.3) is 5.91 Å². The number of rotatable bonds is 5. The van der Waals surface area contributed by atoms with E-state index in [2.05, 4.69) is 34.1 Å². The number of piperidine rings is 1. The number of amides is 1. The third-order valence-corrected chi connectivity index (χ3v) is 6.57. The maximum Gasteiger partial charge on any atom is 0.252 e. The predicted molar refractivity (Wildman–Crippen MR) is 111 cm³/mol. The summed E-state index contributed by atoms with van der Waals surface area (Å²) in [6, 6.07) is 2.17. The van der Waals surface area contributed by atoms with E-state index >= 15 is 0 Å². The van der Waals surface area contributed by atoms with E-state index in [1.54, 1.807) is 12.4 Å². The lowest BCUT2D eigenvalue weighted by atomic mass is 9.79. The standard InChI is InChI=1S/C22H33N5O/c1-17(2)27-20-18(15-25-27)13-19(14-23-20)21(28)24-16-22(9-5-3-6-10-22)26-11-7-4-8-12-26/h13-15,17H,3-12,16H2,1-2H3,(H,24,28). The largest absolute Gasteiger partial charge is 0.350 e. The summed E-state index contributed by atoms with van der Waals surface area (Å²) in [4.78, 5) is 20.1. The van der Waals surface area contributed by atoms with Crippen molar-refractivity contribution in [2.24, 2.45) is 0 Å². The molecule has 1 aliphatic carbocycles. The summed E-state index contributed by atoms with van der Waals surface area (Å²) >= 11 is 0. The molecule has 152 valence electrons. The number of hydrogen-bond acceptors (Lipinski definition) is 4. The molecule has 3 heterocycles. The van der Waals surface area contributed by atoms with Gasteiger partial charge in [0.15, 0.2) is 5.65 Å². The molecule has 1 saturated carbocycles. The molecule has 2 aliphatic rings. The van der Waals surface area contributed by atoms with Crippen LogP contribution >= 0.6 is 0 Å². The Morgan fingerprint density at radius 1 is 1.11 bits per heavy atom. The van der Waals surface area contributed by atoms with Gasteiger partial charge in [-0.25, -0.2) is 9.67 Å². The molecule has 0 atom stereocenters. The molecule has 0 radical (unpaired) electrons. The van der Waals surface area contributed by atoms with E-state index in [0.29, 0.717) is 5.56 Å². The summed E-state index contributed by atoms with van der Waals surface area (Å²) in [7, 11) is 0.